The maximum absolute atomic E-state index is 15.1. The van der Waals surface area contributed by atoms with Crippen LogP contribution in [0.5, 0.6) is 23.1 Å². The number of amides is 1. The molecule has 2 saturated heterocycles. The van der Waals surface area contributed by atoms with E-state index >= 15 is 4.39 Å². The van der Waals surface area contributed by atoms with E-state index in [1.54, 1.807) is 19.2 Å². The number of aromatic nitrogens is 2. The topological polar surface area (TPSA) is 197 Å². The van der Waals surface area contributed by atoms with E-state index in [-0.39, 0.29) is 87.8 Å². The van der Waals surface area contributed by atoms with Crippen LogP contribution in [0.25, 0.3) is 11.0 Å². The van der Waals surface area contributed by atoms with E-state index in [2.05, 4.69) is 73.1 Å². The molecule has 5 aromatic rings. The first-order valence-corrected chi connectivity index (χ1v) is 27.0. The predicted molar refractivity (Wildman–Crippen MR) is 273 cm³/mol. The van der Waals surface area contributed by atoms with Crippen molar-refractivity contribution < 1.29 is 41.7 Å². The number of fused-ring (bicyclic) bond motifs is 2. The Bertz CT molecular complexity index is 2940. The number of H-pyrrole nitrogens is 1. The van der Waals surface area contributed by atoms with Crippen LogP contribution in [0.15, 0.2) is 76.9 Å². The molecule has 16 nitrogen and oxygen atoms in total. The van der Waals surface area contributed by atoms with Crippen molar-refractivity contribution in [3.8, 4) is 23.1 Å². The molecule has 4 fully saturated rings. The third-order valence-corrected chi connectivity index (χ3v) is 17.5. The van der Waals surface area contributed by atoms with Crippen LogP contribution >= 0.6 is 0 Å². The number of hydrogen-bond acceptors (Lipinski definition) is 14. The number of nitroso groups, excluding NO2 is 1. The summed E-state index contributed by atoms with van der Waals surface area (Å²) < 4.78 is 69.5. The molecule has 10 rings (SSSR count). The van der Waals surface area contributed by atoms with E-state index in [1.807, 2.05) is 13.8 Å². The van der Waals surface area contributed by atoms with Gasteiger partial charge < -0.3 is 39.3 Å². The van der Waals surface area contributed by atoms with Gasteiger partial charge in [0.25, 0.3) is 21.8 Å². The summed E-state index contributed by atoms with van der Waals surface area (Å²) in [4.78, 5) is 38.5. The second-order valence-electron chi connectivity index (χ2n) is 21.4. The lowest BCUT2D eigenvalue weighted by Crippen LogP contribution is -2.54. The second kappa shape index (κ2) is 19.9. The maximum atomic E-state index is 15.1. The van der Waals surface area contributed by atoms with E-state index in [4.69, 9.17) is 18.9 Å². The molecule has 0 radical (unpaired) electrons. The Labute approximate surface area is 420 Å². The summed E-state index contributed by atoms with van der Waals surface area (Å²) in [6.45, 7) is 11.1. The minimum absolute atomic E-state index is 0.000760. The molecule has 1 unspecified atom stereocenters. The smallest absolute Gasteiger partial charge is 0.268 e. The van der Waals surface area contributed by atoms with Gasteiger partial charge in [-0.25, -0.2) is 17.5 Å². The Morgan fingerprint density at radius 2 is 1.78 bits per heavy atom. The van der Waals surface area contributed by atoms with Gasteiger partial charge in [-0.1, -0.05) is 38.1 Å². The van der Waals surface area contributed by atoms with Crippen molar-refractivity contribution in [3.05, 3.63) is 94.3 Å². The number of methoxy groups -OCH3 is 1. The highest BCUT2D eigenvalue weighted by molar-refractivity contribution is 7.90. The molecule has 1 spiro atoms. The van der Waals surface area contributed by atoms with Crippen molar-refractivity contribution in [1.29, 1.82) is 0 Å². The number of benzene rings is 3. The molecule has 18 heteroatoms. The molecule has 2 saturated carbocycles. The number of piperidine rings is 1. The zero-order chi connectivity index (χ0) is 50.5. The lowest BCUT2D eigenvalue weighted by Gasteiger charge is -2.56. The molecule has 72 heavy (non-hydrogen) atoms. The number of nitrogens with one attached hydrogen (secondary N) is 3. The molecule has 384 valence electrons. The number of carbonyl (C=O) groups excluding carboxylic acids is 1. The molecule has 5 aliphatic rings. The van der Waals surface area contributed by atoms with Crippen LogP contribution in [-0.2, 0) is 14.8 Å². The summed E-state index contributed by atoms with van der Waals surface area (Å²) in [5, 5.41) is 17.1. The number of likely N-dealkylation sites (tertiary alicyclic amines) is 1. The molecule has 2 aliphatic carbocycles. The molecule has 3 aliphatic heterocycles. The quantitative estimate of drug-likeness (QED) is 0.0724. The van der Waals surface area contributed by atoms with Gasteiger partial charge in [-0.05, 0) is 136 Å². The lowest BCUT2D eigenvalue weighted by molar-refractivity contribution is -0.0227. The number of aromatic amines is 1. The standard InChI is InChI=1S/C54H66FN7O9S/c1-32(2)38-9-6-7-10-39(38)45-11-8-20-62(45)36-27-54(28-36)18-21-61(22-19-54)35-12-13-40(46(23-35)71-48-26-41-42(55)29-56-50(41)58-52(48)70-30-33(3)68-5)51(63)60-72(66,67)37-24-43(59-65)49-47(25-37)69-31-44(57-49)34-14-16-53(4,64)17-15-34/h6-7,9-10,12-13,23-26,29,32-34,36,44-45,57,64H,8,11,14-22,27-28,30-31H2,1-5H3,(H,56,58)(H,60,63)/t33?,34?,44-,45+,53?/m1/s1. The number of sulfonamides is 1. The van der Waals surface area contributed by atoms with E-state index < -0.39 is 32.2 Å². The SMILES string of the molecule is COC(C)COc1nc2[nH]cc(F)c2cc1Oc1cc(N2CCC3(CC2)CC(N2CCC[C@H]2c2ccccc2C(C)C)C3)ccc1C(=O)NS(=O)(=O)c1cc(N=O)c2c(c1)OC[C@H](C1CCC(C)(O)CC1)N2. The van der Waals surface area contributed by atoms with Gasteiger partial charge in [-0.15, -0.1) is 4.91 Å². The third-order valence-electron chi connectivity index (χ3n) is 16.2. The summed E-state index contributed by atoms with van der Waals surface area (Å²) in [5.74, 6) is -0.887. The highest BCUT2D eigenvalue weighted by Crippen LogP contribution is 2.54. The Morgan fingerprint density at radius 3 is 2.51 bits per heavy atom. The van der Waals surface area contributed by atoms with Crippen LogP contribution < -0.4 is 29.1 Å². The number of rotatable bonds is 15. The first kappa shape index (κ1) is 49.7. The van der Waals surface area contributed by atoms with E-state index in [1.165, 1.54) is 48.4 Å². The number of nitrogens with zero attached hydrogens (tertiary/aromatic N) is 4. The lowest BCUT2D eigenvalue weighted by atomic mass is 9.59. The Morgan fingerprint density at radius 1 is 1.01 bits per heavy atom. The molecule has 5 heterocycles. The normalized spacial score (nSPS) is 23.8. The van der Waals surface area contributed by atoms with E-state index in [0.717, 1.165) is 69.9 Å². The van der Waals surface area contributed by atoms with Crippen LogP contribution in [0.3, 0.4) is 0 Å². The van der Waals surface area contributed by atoms with Crippen molar-refractivity contribution >= 4 is 44.0 Å². The highest BCUT2D eigenvalue weighted by Gasteiger charge is 2.50. The summed E-state index contributed by atoms with van der Waals surface area (Å²) in [6, 6.07) is 18.5. The Kier molecular flexibility index (Phi) is 13.7. The first-order valence-electron chi connectivity index (χ1n) is 25.5. The fraction of sp³-hybridized carbons (Fsp3) is 0.519. The second-order valence-corrected chi connectivity index (χ2v) is 23.1. The number of hydrogen-bond donors (Lipinski definition) is 4. The predicted octanol–water partition coefficient (Wildman–Crippen LogP) is 10.2. The van der Waals surface area contributed by atoms with Crippen molar-refractivity contribution in [3.63, 3.8) is 0 Å². The highest BCUT2D eigenvalue weighted by atomic mass is 32.2. The fourth-order valence-corrected chi connectivity index (χ4v) is 12.9. The Hall–Kier alpha value is -5.82. The van der Waals surface area contributed by atoms with Crippen LogP contribution in [0.4, 0.5) is 21.5 Å². The summed E-state index contributed by atoms with van der Waals surface area (Å²) in [6.07, 6.45) is 10.3. The van der Waals surface area contributed by atoms with Gasteiger partial charge in [0, 0.05) is 62.4 Å². The molecule has 0 bridgehead atoms. The number of aliphatic hydroxyl groups is 1. The number of pyridine rings is 1. The van der Waals surface area contributed by atoms with Crippen molar-refractivity contribution in [2.24, 2.45) is 16.5 Å². The minimum Gasteiger partial charge on any atom is -0.489 e. The summed E-state index contributed by atoms with van der Waals surface area (Å²) in [5.41, 5.74) is 3.34. The van der Waals surface area contributed by atoms with Crippen molar-refractivity contribution in [2.75, 3.05) is 50.2 Å². The molecule has 3 atom stereocenters. The molecule has 4 N–H and O–H groups in total. The van der Waals surface area contributed by atoms with Gasteiger partial charge in [0.15, 0.2) is 5.75 Å². The summed E-state index contributed by atoms with van der Waals surface area (Å²) in [7, 11) is -3.11. The van der Waals surface area contributed by atoms with E-state index in [9.17, 15) is 23.2 Å². The Balaban J connectivity index is 0.896. The average molecular weight is 1010 g/mol. The van der Waals surface area contributed by atoms with Gasteiger partial charge in [-0.2, -0.15) is 4.98 Å². The van der Waals surface area contributed by atoms with Crippen LogP contribution in [0.2, 0.25) is 0 Å². The molecule has 3 aromatic carbocycles. The number of halogens is 1. The van der Waals surface area contributed by atoms with E-state index in [0.29, 0.717) is 30.8 Å². The monoisotopic (exact) mass is 1010 g/mol. The van der Waals surface area contributed by atoms with Gasteiger partial charge in [-0.3, -0.25) is 9.69 Å². The van der Waals surface area contributed by atoms with Gasteiger partial charge in [0.1, 0.15) is 47.6 Å². The zero-order valence-corrected chi connectivity index (χ0v) is 42.5. The van der Waals surface area contributed by atoms with Crippen LogP contribution in [0, 0.1) is 22.1 Å². The van der Waals surface area contributed by atoms with Crippen molar-refractivity contribution in [2.45, 2.75) is 133 Å². The largest absolute Gasteiger partial charge is 0.489 e. The minimum atomic E-state index is -4.65. The van der Waals surface area contributed by atoms with Gasteiger partial charge in [0.2, 0.25) is 0 Å². The zero-order valence-electron chi connectivity index (χ0n) is 41.7. The molecule has 2 aromatic heterocycles. The van der Waals surface area contributed by atoms with Crippen LogP contribution in [0.1, 0.15) is 125 Å². The van der Waals surface area contributed by atoms with Gasteiger partial charge >= 0.3 is 0 Å². The summed E-state index contributed by atoms with van der Waals surface area (Å²) >= 11 is 0. The molecular weight excluding hydrogens is 942 g/mol. The number of anilines is 2. The fourth-order valence-electron chi connectivity index (χ4n) is 11.9. The van der Waals surface area contributed by atoms with Crippen molar-refractivity contribution in [1.82, 2.24) is 19.6 Å². The first-order chi connectivity index (χ1) is 34.5. The molecule has 1 amide bonds. The van der Waals surface area contributed by atoms with Crippen LogP contribution in [-0.4, -0.2) is 98.0 Å². The molecular formula is C54H66FN7O9S. The van der Waals surface area contributed by atoms with Gasteiger partial charge in [0.05, 0.1) is 33.6 Å². The average Bonchev–Trinajstić information content (AvgIpc) is 4.00. The number of carbonyl (C=O) groups is 1. The third kappa shape index (κ3) is 9.98. The number of ether oxygens (including phenoxy) is 4. The maximum Gasteiger partial charge on any atom is 0.268 e.